The molecule has 0 aliphatic rings. The van der Waals surface area contributed by atoms with Gasteiger partial charge in [-0.2, -0.15) is 0 Å². The number of fused-ring (bicyclic) bond motifs is 9. The standard InChI is InChI=1S/C48H29NS3/c1-4-16-43-36(11-1)39-25-21-32(28-46(39)50-43)30-19-23-34(24-20-30)49(42-15-8-14-41-38-13-3-6-18-45(38)52-48(41)42)35-10-7-9-31(27-35)33-22-26-40-37-12-2-5-17-44(37)51-47(40)29-33/h1-29H. The fraction of sp³-hybridized carbons (Fsp3) is 0. The highest BCUT2D eigenvalue weighted by atomic mass is 32.1. The molecular formula is C48H29NS3. The molecule has 0 aliphatic heterocycles. The second kappa shape index (κ2) is 11.9. The van der Waals surface area contributed by atoms with Crippen LogP contribution in [-0.2, 0) is 0 Å². The molecule has 3 aromatic heterocycles. The predicted molar refractivity (Wildman–Crippen MR) is 231 cm³/mol. The van der Waals surface area contributed by atoms with Crippen molar-refractivity contribution in [1.82, 2.24) is 0 Å². The second-order valence-electron chi connectivity index (χ2n) is 13.3. The van der Waals surface area contributed by atoms with E-state index in [2.05, 4.69) is 181 Å². The molecule has 3 heterocycles. The molecule has 0 bridgehead atoms. The van der Waals surface area contributed by atoms with E-state index in [4.69, 9.17) is 0 Å². The van der Waals surface area contributed by atoms with Crippen LogP contribution in [0.5, 0.6) is 0 Å². The van der Waals surface area contributed by atoms with Gasteiger partial charge < -0.3 is 4.90 Å². The van der Waals surface area contributed by atoms with Gasteiger partial charge in [-0.05, 0) is 82.9 Å². The molecular weight excluding hydrogens is 687 g/mol. The Kier molecular flexibility index (Phi) is 6.84. The molecule has 11 rings (SSSR count). The summed E-state index contributed by atoms with van der Waals surface area (Å²) < 4.78 is 7.91. The quantitative estimate of drug-likeness (QED) is 0.171. The van der Waals surface area contributed by atoms with Crippen LogP contribution in [0.25, 0.3) is 82.8 Å². The Morgan fingerprint density at radius 2 is 0.769 bits per heavy atom. The van der Waals surface area contributed by atoms with Gasteiger partial charge in [0.1, 0.15) is 0 Å². The summed E-state index contributed by atoms with van der Waals surface area (Å²) in [4.78, 5) is 2.44. The first-order valence-corrected chi connectivity index (χ1v) is 19.9. The van der Waals surface area contributed by atoms with Crippen LogP contribution in [0.2, 0.25) is 0 Å². The summed E-state index contributed by atoms with van der Waals surface area (Å²) in [7, 11) is 0. The van der Waals surface area contributed by atoms with E-state index in [1.54, 1.807) is 0 Å². The van der Waals surface area contributed by atoms with E-state index in [1.165, 1.54) is 88.5 Å². The van der Waals surface area contributed by atoms with E-state index >= 15 is 0 Å². The van der Waals surface area contributed by atoms with E-state index in [-0.39, 0.29) is 0 Å². The molecule has 0 aliphatic carbocycles. The summed E-state index contributed by atoms with van der Waals surface area (Å²) in [5.41, 5.74) is 8.35. The first-order valence-electron chi connectivity index (χ1n) is 17.5. The minimum absolute atomic E-state index is 1.13. The lowest BCUT2D eigenvalue weighted by molar-refractivity contribution is 1.30. The van der Waals surface area contributed by atoms with E-state index in [0.717, 1.165) is 11.4 Å². The number of hydrogen-bond donors (Lipinski definition) is 0. The Morgan fingerprint density at radius 1 is 0.288 bits per heavy atom. The Morgan fingerprint density at radius 3 is 1.42 bits per heavy atom. The Hall–Kier alpha value is -5.78. The summed E-state index contributed by atoms with van der Waals surface area (Å²) in [5, 5.41) is 7.92. The van der Waals surface area contributed by atoms with Gasteiger partial charge >= 0.3 is 0 Å². The molecule has 0 atom stereocenters. The number of thiophene rings is 3. The van der Waals surface area contributed by atoms with Gasteiger partial charge in [-0.15, -0.1) is 34.0 Å². The van der Waals surface area contributed by atoms with Crippen molar-refractivity contribution in [3.05, 3.63) is 176 Å². The fourth-order valence-corrected chi connectivity index (χ4v) is 11.3. The van der Waals surface area contributed by atoms with Crippen molar-refractivity contribution in [2.75, 3.05) is 4.90 Å². The second-order valence-corrected chi connectivity index (χ2v) is 16.5. The average molecular weight is 716 g/mol. The van der Waals surface area contributed by atoms with Crippen LogP contribution >= 0.6 is 34.0 Å². The molecule has 1 nitrogen and oxygen atoms in total. The molecule has 0 saturated heterocycles. The lowest BCUT2D eigenvalue weighted by atomic mass is 10.0. The zero-order valence-corrected chi connectivity index (χ0v) is 30.4. The Balaban J connectivity index is 1.05. The number of hydrogen-bond acceptors (Lipinski definition) is 4. The molecule has 0 amide bonds. The third-order valence-corrected chi connectivity index (χ3v) is 13.8. The van der Waals surface area contributed by atoms with Gasteiger partial charge in [0, 0.05) is 67.2 Å². The largest absolute Gasteiger partial charge is 0.309 e. The van der Waals surface area contributed by atoms with Crippen LogP contribution in [0, 0.1) is 0 Å². The highest BCUT2D eigenvalue weighted by Gasteiger charge is 2.19. The van der Waals surface area contributed by atoms with Crippen molar-refractivity contribution in [1.29, 1.82) is 0 Å². The average Bonchev–Trinajstić information content (AvgIpc) is 3.89. The molecule has 0 unspecified atom stereocenters. The zero-order chi connectivity index (χ0) is 34.2. The summed E-state index contributed by atoms with van der Waals surface area (Å²) in [6, 6.07) is 64.9. The van der Waals surface area contributed by atoms with Crippen LogP contribution < -0.4 is 4.90 Å². The van der Waals surface area contributed by atoms with E-state index in [9.17, 15) is 0 Å². The summed E-state index contributed by atoms with van der Waals surface area (Å²) in [5.74, 6) is 0. The minimum Gasteiger partial charge on any atom is -0.309 e. The number of nitrogens with zero attached hydrogens (tertiary/aromatic N) is 1. The van der Waals surface area contributed by atoms with Crippen molar-refractivity contribution in [3.8, 4) is 22.3 Å². The van der Waals surface area contributed by atoms with Gasteiger partial charge in [0.25, 0.3) is 0 Å². The highest BCUT2D eigenvalue weighted by Crippen LogP contribution is 2.46. The molecule has 8 aromatic carbocycles. The van der Waals surface area contributed by atoms with Crippen LogP contribution in [0.4, 0.5) is 17.1 Å². The van der Waals surface area contributed by atoms with Crippen molar-refractivity contribution < 1.29 is 0 Å². The molecule has 0 N–H and O–H groups in total. The molecule has 0 radical (unpaired) electrons. The van der Waals surface area contributed by atoms with E-state index in [0.29, 0.717) is 0 Å². The fourth-order valence-electron chi connectivity index (χ4n) is 7.77. The SMILES string of the molecule is c1cc(-c2ccc3c(c2)sc2ccccc23)cc(N(c2ccc(-c3ccc4c(c3)sc3ccccc34)cc2)c2cccc3c2sc2ccccc23)c1. The Bertz CT molecular complexity index is 3140. The highest BCUT2D eigenvalue weighted by molar-refractivity contribution is 7.27. The summed E-state index contributed by atoms with van der Waals surface area (Å²) in [6.07, 6.45) is 0. The summed E-state index contributed by atoms with van der Waals surface area (Å²) in [6.45, 7) is 0. The van der Waals surface area contributed by atoms with Crippen molar-refractivity contribution in [2.24, 2.45) is 0 Å². The normalized spacial score (nSPS) is 11.8. The number of benzene rings is 8. The van der Waals surface area contributed by atoms with Crippen molar-refractivity contribution >= 4 is 112 Å². The maximum absolute atomic E-state index is 2.44. The third-order valence-electron chi connectivity index (χ3n) is 10.3. The van der Waals surface area contributed by atoms with E-state index in [1.807, 2.05) is 34.0 Å². The van der Waals surface area contributed by atoms with Gasteiger partial charge in [-0.3, -0.25) is 0 Å². The molecule has 0 spiro atoms. The first kappa shape index (κ1) is 29.9. The van der Waals surface area contributed by atoms with Gasteiger partial charge in [0.15, 0.2) is 0 Å². The molecule has 4 heteroatoms. The smallest absolute Gasteiger partial charge is 0.0640 e. The topological polar surface area (TPSA) is 3.24 Å². The zero-order valence-electron chi connectivity index (χ0n) is 27.9. The lowest BCUT2D eigenvalue weighted by Crippen LogP contribution is -2.10. The minimum atomic E-state index is 1.13. The first-order chi connectivity index (χ1) is 25.7. The van der Waals surface area contributed by atoms with Gasteiger partial charge in [-0.25, -0.2) is 0 Å². The molecule has 244 valence electrons. The molecule has 52 heavy (non-hydrogen) atoms. The maximum Gasteiger partial charge on any atom is 0.0640 e. The van der Waals surface area contributed by atoms with Crippen molar-refractivity contribution in [3.63, 3.8) is 0 Å². The number of anilines is 3. The van der Waals surface area contributed by atoms with Crippen LogP contribution in [0.15, 0.2) is 176 Å². The van der Waals surface area contributed by atoms with Gasteiger partial charge in [-0.1, -0.05) is 115 Å². The third kappa shape index (κ3) is 4.80. The van der Waals surface area contributed by atoms with Crippen molar-refractivity contribution in [2.45, 2.75) is 0 Å². The summed E-state index contributed by atoms with van der Waals surface area (Å²) >= 11 is 5.61. The van der Waals surface area contributed by atoms with Crippen LogP contribution in [0.3, 0.4) is 0 Å². The van der Waals surface area contributed by atoms with E-state index < -0.39 is 0 Å². The van der Waals surface area contributed by atoms with Crippen LogP contribution in [0.1, 0.15) is 0 Å². The van der Waals surface area contributed by atoms with Gasteiger partial charge in [0.05, 0.1) is 10.4 Å². The predicted octanol–water partition coefficient (Wildman–Crippen LogP) is 15.6. The molecule has 0 saturated carbocycles. The molecule has 0 fully saturated rings. The number of rotatable bonds is 5. The van der Waals surface area contributed by atoms with Crippen LogP contribution in [-0.4, -0.2) is 0 Å². The maximum atomic E-state index is 2.44. The lowest BCUT2D eigenvalue weighted by Gasteiger charge is -2.27. The molecule has 11 aromatic rings. The monoisotopic (exact) mass is 715 g/mol. The Labute approximate surface area is 312 Å². The van der Waals surface area contributed by atoms with Gasteiger partial charge in [0.2, 0.25) is 0 Å².